The maximum atomic E-state index is 12.9. The predicted octanol–water partition coefficient (Wildman–Crippen LogP) is -2.07. The number of carboxylic acid groups (broad SMARTS) is 1. The SMILES string of the molecule is CSCCC(N)C(=O)NC(CCC(N)=O)C(=O)NC(CCCCN)C(=O)NC(CS)C(=O)O. The van der Waals surface area contributed by atoms with Crippen LogP contribution in [0.3, 0.4) is 0 Å². The third-order valence-electron chi connectivity index (χ3n) is 4.66. The average Bonchev–Trinajstić information content (AvgIpc) is 2.76. The number of carbonyl (C=O) groups excluding carboxylic acids is 4. The number of rotatable bonds is 18. The van der Waals surface area contributed by atoms with Gasteiger partial charge in [-0.15, -0.1) is 0 Å². The topological polar surface area (TPSA) is 220 Å². The molecule has 0 aromatic heterocycles. The molecule has 0 heterocycles. The van der Waals surface area contributed by atoms with E-state index in [1.54, 1.807) is 0 Å². The van der Waals surface area contributed by atoms with E-state index < -0.39 is 53.8 Å². The molecule has 0 saturated carbocycles. The lowest BCUT2D eigenvalue weighted by Crippen LogP contribution is -2.57. The molecule has 12 nitrogen and oxygen atoms in total. The average molecular weight is 509 g/mol. The van der Waals surface area contributed by atoms with Gasteiger partial charge in [-0.2, -0.15) is 24.4 Å². The largest absolute Gasteiger partial charge is 0.480 e. The minimum absolute atomic E-state index is 0.0896. The Morgan fingerprint density at radius 3 is 1.94 bits per heavy atom. The Balaban J connectivity index is 5.43. The fourth-order valence-electron chi connectivity index (χ4n) is 2.70. The molecule has 4 amide bonds. The highest BCUT2D eigenvalue weighted by molar-refractivity contribution is 7.98. The van der Waals surface area contributed by atoms with Crippen LogP contribution in [0.1, 0.15) is 38.5 Å². The van der Waals surface area contributed by atoms with Crippen molar-refractivity contribution in [2.24, 2.45) is 17.2 Å². The van der Waals surface area contributed by atoms with Gasteiger partial charge in [0, 0.05) is 12.2 Å². The summed E-state index contributed by atoms with van der Waals surface area (Å²) in [6.07, 6.45) is 3.26. The summed E-state index contributed by atoms with van der Waals surface area (Å²) in [5, 5.41) is 16.5. The number of thiol groups is 1. The fourth-order valence-corrected chi connectivity index (χ4v) is 3.44. The van der Waals surface area contributed by atoms with Crippen LogP contribution in [-0.2, 0) is 24.0 Å². The van der Waals surface area contributed by atoms with Gasteiger partial charge in [0.1, 0.15) is 18.1 Å². The van der Waals surface area contributed by atoms with Gasteiger partial charge in [-0.3, -0.25) is 19.2 Å². The van der Waals surface area contributed by atoms with E-state index in [9.17, 15) is 24.0 Å². The summed E-state index contributed by atoms with van der Waals surface area (Å²) < 4.78 is 0. The van der Waals surface area contributed by atoms with Gasteiger partial charge in [0.15, 0.2) is 0 Å². The highest BCUT2D eigenvalue weighted by Crippen LogP contribution is 2.06. The number of carbonyl (C=O) groups is 5. The van der Waals surface area contributed by atoms with Crippen LogP contribution in [-0.4, -0.2) is 83.2 Å². The van der Waals surface area contributed by atoms with Crippen LogP contribution in [0, 0.1) is 0 Å². The van der Waals surface area contributed by atoms with Crippen molar-refractivity contribution in [3.63, 3.8) is 0 Å². The maximum Gasteiger partial charge on any atom is 0.327 e. The van der Waals surface area contributed by atoms with Gasteiger partial charge in [0.2, 0.25) is 23.6 Å². The number of hydrogen-bond donors (Lipinski definition) is 8. The second kappa shape index (κ2) is 17.4. The molecule has 0 radical (unpaired) electrons. The molecule has 4 atom stereocenters. The van der Waals surface area contributed by atoms with E-state index in [0.29, 0.717) is 31.6 Å². The molecule has 0 saturated heterocycles. The lowest BCUT2D eigenvalue weighted by Gasteiger charge is -2.25. The van der Waals surface area contributed by atoms with Gasteiger partial charge < -0.3 is 38.3 Å². The van der Waals surface area contributed by atoms with Crippen LogP contribution in [0.4, 0.5) is 0 Å². The first kappa shape index (κ1) is 31.0. The molecule has 0 aromatic rings. The Bertz CT molecular complexity index is 669. The molecule has 4 unspecified atom stereocenters. The number of hydrogen-bond acceptors (Lipinski definition) is 9. The highest BCUT2D eigenvalue weighted by Gasteiger charge is 2.30. The summed E-state index contributed by atoms with van der Waals surface area (Å²) in [4.78, 5) is 60.4. The quantitative estimate of drug-likeness (QED) is 0.0751. The second-order valence-electron chi connectivity index (χ2n) is 7.38. The number of amides is 4. The van der Waals surface area contributed by atoms with Crippen LogP contribution < -0.4 is 33.2 Å². The number of aliphatic carboxylic acids is 1. The Kier molecular flexibility index (Phi) is 16.4. The van der Waals surface area contributed by atoms with Crippen molar-refractivity contribution in [2.75, 3.05) is 24.3 Å². The first-order chi connectivity index (χ1) is 15.6. The Hall–Kier alpha value is -2.03. The van der Waals surface area contributed by atoms with Crippen LogP contribution in [0.25, 0.3) is 0 Å². The molecule has 0 rings (SSSR count). The molecule has 0 spiro atoms. The molecule has 0 aliphatic rings. The van der Waals surface area contributed by atoms with Crippen molar-refractivity contribution >= 4 is 54.0 Å². The van der Waals surface area contributed by atoms with Gasteiger partial charge >= 0.3 is 5.97 Å². The molecular weight excluding hydrogens is 472 g/mol. The molecule has 0 fully saturated rings. The summed E-state index contributed by atoms with van der Waals surface area (Å²) in [5.41, 5.74) is 16.5. The number of primary amides is 1. The Labute approximate surface area is 203 Å². The van der Waals surface area contributed by atoms with Gasteiger partial charge in [0.25, 0.3) is 0 Å². The van der Waals surface area contributed by atoms with E-state index in [-0.39, 0.29) is 25.0 Å². The zero-order chi connectivity index (χ0) is 25.4. The van der Waals surface area contributed by atoms with E-state index in [2.05, 4.69) is 28.6 Å². The number of carboxylic acids is 1. The lowest BCUT2D eigenvalue weighted by molar-refractivity contribution is -0.141. The van der Waals surface area contributed by atoms with Crippen molar-refractivity contribution < 1.29 is 29.1 Å². The fraction of sp³-hybridized carbons (Fsp3) is 0.737. The first-order valence-corrected chi connectivity index (χ1v) is 12.6. The summed E-state index contributed by atoms with van der Waals surface area (Å²) in [6.45, 7) is 0.377. The maximum absolute atomic E-state index is 12.9. The molecule has 0 aliphatic heterocycles. The third kappa shape index (κ3) is 13.3. The number of thioether (sulfide) groups is 1. The molecule has 14 heteroatoms. The number of nitrogens with one attached hydrogen (secondary N) is 3. The minimum atomic E-state index is -1.27. The van der Waals surface area contributed by atoms with Crippen molar-refractivity contribution in [1.82, 2.24) is 16.0 Å². The minimum Gasteiger partial charge on any atom is -0.480 e. The zero-order valence-corrected chi connectivity index (χ0v) is 20.5. The van der Waals surface area contributed by atoms with Crippen LogP contribution in [0.15, 0.2) is 0 Å². The smallest absolute Gasteiger partial charge is 0.327 e. The van der Waals surface area contributed by atoms with Gasteiger partial charge in [-0.1, -0.05) is 0 Å². The molecule has 190 valence electrons. The summed E-state index contributed by atoms with van der Waals surface area (Å²) in [6, 6.07) is -4.33. The van der Waals surface area contributed by atoms with Gasteiger partial charge in [0.05, 0.1) is 6.04 Å². The van der Waals surface area contributed by atoms with E-state index in [4.69, 9.17) is 22.3 Å². The van der Waals surface area contributed by atoms with E-state index >= 15 is 0 Å². The molecular formula is C19H36N6O6S2. The summed E-state index contributed by atoms with van der Waals surface area (Å²) in [7, 11) is 0. The molecule has 0 aliphatic carbocycles. The second-order valence-corrected chi connectivity index (χ2v) is 8.73. The van der Waals surface area contributed by atoms with Crippen molar-refractivity contribution in [1.29, 1.82) is 0 Å². The normalized spacial score (nSPS) is 14.4. The lowest BCUT2D eigenvalue weighted by atomic mass is 10.1. The molecule has 0 aromatic carbocycles. The first-order valence-electron chi connectivity index (χ1n) is 10.5. The Morgan fingerprint density at radius 2 is 1.45 bits per heavy atom. The molecule has 33 heavy (non-hydrogen) atoms. The van der Waals surface area contributed by atoms with E-state index in [0.717, 1.165) is 0 Å². The van der Waals surface area contributed by atoms with Crippen LogP contribution >= 0.6 is 24.4 Å². The number of nitrogens with two attached hydrogens (primary N) is 3. The molecule has 10 N–H and O–H groups in total. The summed E-state index contributed by atoms with van der Waals surface area (Å²) in [5.74, 6) is -3.42. The monoisotopic (exact) mass is 508 g/mol. The van der Waals surface area contributed by atoms with Crippen molar-refractivity contribution in [3.8, 4) is 0 Å². The van der Waals surface area contributed by atoms with E-state index in [1.165, 1.54) is 11.8 Å². The van der Waals surface area contributed by atoms with Crippen molar-refractivity contribution in [3.05, 3.63) is 0 Å². The van der Waals surface area contributed by atoms with Gasteiger partial charge in [-0.25, -0.2) is 4.79 Å². The Morgan fingerprint density at radius 1 is 0.909 bits per heavy atom. The zero-order valence-electron chi connectivity index (χ0n) is 18.7. The van der Waals surface area contributed by atoms with E-state index in [1.807, 2.05) is 6.26 Å². The standard InChI is InChI=1S/C19H36N6O6S2/c1-33-9-7-11(21)16(27)23-13(5-6-15(22)26)18(29)24-12(4-2-3-8-20)17(28)25-14(10-32)19(30)31/h11-14,32H,2-10,20-21H2,1H3,(H2,22,26)(H,23,27)(H,24,29)(H,25,28)(H,30,31). The molecule has 0 bridgehead atoms. The van der Waals surface area contributed by atoms with Gasteiger partial charge in [-0.05, 0) is 50.7 Å². The predicted molar refractivity (Wildman–Crippen MR) is 130 cm³/mol. The highest BCUT2D eigenvalue weighted by atomic mass is 32.2. The summed E-state index contributed by atoms with van der Waals surface area (Å²) >= 11 is 5.43. The number of unbranched alkanes of at least 4 members (excludes halogenated alkanes) is 1. The third-order valence-corrected chi connectivity index (χ3v) is 5.67. The van der Waals surface area contributed by atoms with Crippen molar-refractivity contribution in [2.45, 2.75) is 62.7 Å². The van der Waals surface area contributed by atoms with Crippen LogP contribution in [0.5, 0.6) is 0 Å². The van der Waals surface area contributed by atoms with Crippen LogP contribution in [0.2, 0.25) is 0 Å².